The molecule has 1 unspecified atom stereocenters. The van der Waals surface area contributed by atoms with Crippen molar-refractivity contribution in [1.82, 2.24) is 9.80 Å². The molecule has 0 radical (unpaired) electrons. The number of nitro groups is 1. The van der Waals surface area contributed by atoms with Crippen molar-refractivity contribution >= 4 is 5.96 Å². The van der Waals surface area contributed by atoms with E-state index in [4.69, 9.17) is 4.74 Å². The number of nitrogens with zero attached hydrogens (tertiary/aromatic N) is 4. The molecule has 0 aromatic carbocycles. The van der Waals surface area contributed by atoms with Crippen LogP contribution in [0, 0.1) is 16.0 Å². The molecule has 0 amide bonds. The number of allylic oxidation sites excluding steroid dienone is 1. The average Bonchev–Trinajstić information content (AvgIpc) is 2.93. The quantitative estimate of drug-likeness (QED) is 0.546. The molecule has 0 aromatic heterocycles. The van der Waals surface area contributed by atoms with Gasteiger partial charge in [0.2, 0.25) is 0 Å². The van der Waals surface area contributed by atoms with Gasteiger partial charge in [-0.2, -0.15) is 0 Å². The fraction of sp³-hybridized carbons (Fsp3) is 0.727. The minimum atomic E-state index is -0.630. The van der Waals surface area contributed by atoms with Crippen LogP contribution in [-0.2, 0) is 4.74 Å². The molecular weight excluding hydrogens is 236 g/mol. The maximum absolute atomic E-state index is 10.6. The molecule has 0 saturated carbocycles. The maximum Gasteiger partial charge on any atom is 0.278 e. The van der Waals surface area contributed by atoms with Gasteiger partial charge in [0.05, 0.1) is 6.61 Å². The van der Waals surface area contributed by atoms with E-state index in [9.17, 15) is 10.1 Å². The van der Waals surface area contributed by atoms with Crippen LogP contribution in [-0.4, -0.2) is 53.6 Å². The molecule has 0 aliphatic carbocycles. The van der Waals surface area contributed by atoms with Crippen molar-refractivity contribution in [2.75, 3.05) is 32.8 Å². The number of rotatable bonds is 4. The summed E-state index contributed by atoms with van der Waals surface area (Å²) in [4.78, 5) is 14.4. The Morgan fingerprint density at radius 1 is 1.61 bits per heavy atom. The number of hydrazone groups is 1. The van der Waals surface area contributed by atoms with Gasteiger partial charge in [-0.25, -0.2) is 10.1 Å². The Bertz CT molecular complexity index is 363. The van der Waals surface area contributed by atoms with E-state index < -0.39 is 5.03 Å². The van der Waals surface area contributed by atoms with Crippen molar-refractivity contribution in [3.63, 3.8) is 0 Å². The van der Waals surface area contributed by atoms with Crippen LogP contribution in [0.3, 0.4) is 0 Å². The number of hydrogen-bond donors (Lipinski definition) is 0. The van der Waals surface area contributed by atoms with E-state index >= 15 is 0 Å². The van der Waals surface area contributed by atoms with Crippen LogP contribution in [0.1, 0.15) is 13.3 Å². The molecule has 0 aromatic rings. The van der Waals surface area contributed by atoms with Crippen molar-refractivity contribution in [3.05, 3.63) is 22.4 Å². The minimum Gasteiger partial charge on any atom is -0.381 e. The second-order valence-corrected chi connectivity index (χ2v) is 4.49. The molecule has 0 N–H and O–H groups in total. The second-order valence-electron chi connectivity index (χ2n) is 4.49. The van der Waals surface area contributed by atoms with Crippen LogP contribution >= 0.6 is 0 Å². The molecule has 2 fully saturated rings. The first kappa shape index (κ1) is 12.8. The second kappa shape index (κ2) is 5.81. The van der Waals surface area contributed by atoms with Gasteiger partial charge in [-0.3, -0.25) is 0 Å². The van der Waals surface area contributed by atoms with Crippen LogP contribution < -0.4 is 0 Å². The van der Waals surface area contributed by atoms with Crippen molar-refractivity contribution < 1.29 is 9.77 Å². The number of ether oxygens (including phenoxy) is 1. The molecule has 7 heteroatoms. The van der Waals surface area contributed by atoms with Gasteiger partial charge in [-0.05, 0) is 13.3 Å². The molecule has 0 bridgehead atoms. The van der Waals surface area contributed by atoms with Gasteiger partial charge >= 0.3 is 0 Å². The lowest BCUT2D eigenvalue weighted by atomic mass is 10.1. The Labute approximate surface area is 106 Å². The standard InChI is InChI=1S/C11H18N4O3/c1-2-4-13-5-6-14(11(13)12-15(16)17)8-10-3-7-18-9-10/h2,4,10H,3,5-9H2,1H3/b4-2-,12-11-. The first-order valence-corrected chi connectivity index (χ1v) is 6.16. The van der Waals surface area contributed by atoms with E-state index in [1.165, 1.54) is 0 Å². The smallest absolute Gasteiger partial charge is 0.278 e. The third kappa shape index (κ3) is 2.98. The Kier molecular flexibility index (Phi) is 4.14. The summed E-state index contributed by atoms with van der Waals surface area (Å²) in [6.07, 6.45) is 4.71. The van der Waals surface area contributed by atoms with Crippen LogP contribution in [0.25, 0.3) is 0 Å². The molecule has 2 heterocycles. The van der Waals surface area contributed by atoms with Gasteiger partial charge in [0.15, 0.2) is 5.03 Å². The predicted octanol–water partition coefficient (Wildman–Crippen LogP) is 0.722. The van der Waals surface area contributed by atoms with Gasteiger partial charge < -0.3 is 14.5 Å². The Morgan fingerprint density at radius 2 is 2.44 bits per heavy atom. The normalized spacial score (nSPS) is 26.7. The topological polar surface area (TPSA) is 71.2 Å². The highest BCUT2D eigenvalue weighted by atomic mass is 16.7. The number of guanidine groups is 1. The highest BCUT2D eigenvalue weighted by Gasteiger charge is 2.31. The lowest BCUT2D eigenvalue weighted by Gasteiger charge is -2.20. The molecular formula is C11H18N4O3. The lowest BCUT2D eigenvalue weighted by molar-refractivity contribution is -0.486. The summed E-state index contributed by atoms with van der Waals surface area (Å²) in [6.45, 7) is 5.71. The van der Waals surface area contributed by atoms with Crippen molar-refractivity contribution in [2.45, 2.75) is 13.3 Å². The zero-order chi connectivity index (χ0) is 13.0. The first-order chi connectivity index (χ1) is 8.70. The summed E-state index contributed by atoms with van der Waals surface area (Å²) >= 11 is 0. The monoisotopic (exact) mass is 254 g/mol. The summed E-state index contributed by atoms with van der Waals surface area (Å²) in [7, 11) is 0. The van der Waals surface area contributed by atoms with Crippen molar-refractivity contribution in [2.24, 2.45) is 11.0 Å². The van der Waals surface area contributed by atoms with E-state index in [2.05, 4.69) is 5.10 Å². The van der Waals surface area contributed by atoms with Crippen molar-refractivity contribution in [1.29, 1.82) is 0 Å². The highest BCUT2D eigenvalue weighted by molar-refractivity contribution is 5.82. The summed E-state index contributed by atoms with van der Waals surface area (Å²) in [6, 6.07) is 0. The summed E-state index contributed by atoms with van der Waals surface area (Å²) in [5, 5.41) is 13.5. The van der Waals surface area contributed by atoms with E-state index in [0.717, 1.165) is 39.3 Å². The summed E-state index contributed by atoms with van der Waals surface area (Å²) in [5.74, 6) is 0.887. The Balaban J connectivity index is 2.06. The average molecular weight is 254 g/mol. The van der Waals surface area contributed by atoms with Gasteiger partial charge in [-0.1, -0.05) is 6.08 Å². The molecule has 100 valence electrons. The SMILES string of the molecule is C/C=C\N1CCN(CC2CCOC2)/C1=N\[N+](=O)[O-]. The summed E-state index contributed by atoms with van der Waals surface area (Å²) < 4.78 is 5.33. The summed E-state index contributed by atoms with van der Waals surface area (Å²) in [5.41, 5.74) is 0. The van der Waals surface area contributed by atoms with Crippen LogP contribution in [0.4, 0.5) is 0 Å². The van der Waals surface area contributed by atoms with E-state index in [1.54, 1.807) is 0 Å². The number of hydrogen-bond acceptors (Lipinski definition) is 3. The largest absolute Gasteiger partial charge is 0.381 e. The lowest BCUT2D eigenvalue weighted by Crippen LogP contribution is -2.35. The Morgan fingerprint density at radius 3 is 3.06 bits per heavy atom. The van der Waals surface area contributed by atoms with Gasteiger partial charge in [0, 0.05) is 38.4 Å². The molecule has 2 saturated heterocycles. The van der Waals surface area contributed by atoms with E-state index in [1.807, 2.05) is 29.0 Å². The van der Waals surface area contributed by atoms with E-state index in [-0.39, 0.29) is 0 Å². The first-order valence-electron chi connectivity index (χ1n) is 6.16. The molecule has 18 heavy (non-hydrogen) atoms. The van der Waals surface area contributed by atoms with Gasteiger partial charge in [0.1, 0.15) is 5.10 Å². The van der Waals surface area contributed by atoms with Crippen LogP contribution in [0.2, 0.25) is 0 Å². The predicted molar refractivity (Wildman–Crippen MR) is 66.4 cm³/mol. The van der Waals surface area contributed by atoms with Crippen LogP contribution in [0.5, 0.6) is 0 Å². The molecule has 2 aliphatic heterocycles. The third-order valence-corrected chi connectivity index (χ3v) is 3.15. The molecule has 2 aliphatic rings. The van der Waals surface area contributed by atoms with Gasteiger partial charge in [0.25, 0.3) is 5.96 Å². The zero-order valence-electron chi connectivity index (χ0n) is 10.5. The minimum absolute atomic E-state index is 0.435. The molecule has 7 nitrogen and oxygen atoms in total. The van der Waals surface area contributed by atoms with Gasteiger partial charge in [-0.15, -0.1) is 0 Å². The maximum atomic E-state index is 10.6. The van der Waals surface area contributed by atoms with Crippen molar-refractivity contribution in [3.8, 4) is 0 Å². The molecule has 0 spiro atoms. The fourth-order valence-corrected chi connectivity index (χ4v) is 2.34. The fourth-order valence-electron chi connectivity index (χ4n) is 2.34. The van der Waals surface area contributed by atoms with E-state index in [0.29, 0.717) is 11.9 Å². The zero-order valence-corrected chi connectivity index (χ0v) is 10.5. The molecule has 1 atom stereocenters. The Hall–Kier alpha value is -1.63. The highest BCUT2D eigenvalue weighted by Crippen LogP contribution is 2.18. The molecule has 2 rings (SSSR count). The third-order valence-electron chi connectivity index (χ3n) is 3.15. The van der Waals surface area contributed by atoms with Crippen LogP contribution in [0.15, 0.2) is 17.4 Å².